The molecule has 0 fully saturated rings. The number of amides is 1. The van der Waals surface area contributed by atoms with E-state index in [4.69, 9.17) is 11.6 Å². The summed E-state index contributed by atoms with van der Waals surface area (Å²) in [4.78, 5) is 39.8. The third kappa shape index (κ3) is 6.31. The van der Waals surface area contributed by atoms with Crippen LogP contribution in [-0.2, 0) is 6.54 Å². The zero-order chi connectivity index (χ0) is 27.2. The summed E-state index contributed by atoms with van der Waals surface area (Å²) in [6.07, 6.45) is 5.01. The topological polar surface area (TPSA) is 91.6 Å². The van der Waals surface area contributed by atoms with Crippen LogP contribution >= 0.6 is 11.6 Å². The minimum absolute atomic E-state index is 0.0761. The van der Waals surface area contributed by atoms with Crippen molar-refractivity contribution in [3.05, 3.63) is 62.0 Å². The molecule has 0 saturated carbocycles. The van der Waals surface area contributed by atoms with Gasteiger partial charge in [0.25, 0.3) is 5.91 Å². The molecule has 1 amide bonds. The number of likely N-dealkylation sites (N-methyl/N-ethyl adjacent to an activating group) is 1. The largest absolute Gasteiger partial charge is 0.503 e. The lowest BCUT2D eigenvalue weighted by molar-refractivity contribution is 0.0943. The standard InChI is InChI=1S/C26H34ClF2N3O4/c1-6-8-15(3)31(5)16(4)20(9-7-2)32-13-18(24(34)25(35)21(32)14-33)26(36)30-12-17-10-11-19(28)22(27)23(17)29/h10-11,13-16,20,35H,6-9,12H2,1-5H3,(H,30,36)/t15-,16?,20+/m0/s1. The smallest absolute Gasteiger partial charge is 0.257 e. The van der Waals surface area contributed by atoms with E-state index in [2.05, 4.69) is 24.1 Å². The van der Waals surface area contributed by atoms with E-state index in [1.165, 1.54) is 10.8 Å². The highest BCUT2D eigenvalue weighted by atomic mass is 35.5. The number of aldehydes is 1. The second-order valence-electron chi connectivity index (χ2n) is 9.05. The molecule has 1 aromatic carbocycles. The van der Waals surface area contributed by atoms with Gasteiger partial charge >= 0.3 is 0 Å². The van der Waals surface area contributed by atoms with Gasteiger partial charge in [0.05, 0.1) is 0 Å². The predicted molar refractivity (Wildman–Crippen MR) is 136 cm³/mol. The molecule has 0 spiro atoms. The molecule has 0 radical (unpaired) electrons. The number of hydrogen-bond donors (Lipinski definition) is 2. The van der Waals surface area contributed by atoms with Gasteiger partial charge in [0.1, 0.15) is 27.9 Å². The van der Waals surface area contributed by atoms with E-state index in [1.807, 2.05) is 20.9 Å². The fourth-order valence-corrected chi connectivity index (χ4v) is 4.55. The number of carbonyl (C=O) groups excluding carboxylic acids is 2. The molecular formula is C26H34ClF2N3O4. The maximum atomic E-state index is 14.2. The highest BCUT2D eigenvalue weighted by molar-refractivity contribution is 6.30. The average molecular weight is 526 g/mol. The van der Waals surface area contributed by atoms with Crippen LogP contribution in [0.25, 0.3) is 0 Å². The van der Waals surface area contributed by atoms with Gasteiger partial charge in [0, 0.05) is 36.4 Å². The van der Waals surface area contributed by atoms with Crippen molar-refractivity contribution < 1.29 is 23.5 Å². The van der Waals surface area contributed by atoms with Crippen LogP contribution in [0.3, 0.4) is 0 Å². The van der Waals surface area contributed by atoms with Crippen molar-refractivity contribution in [2.75, 3.05) is 7.05 Å². The van der Waals surface area contributed by atoms with E-state index in [-0.39, 0.29) is 35.9 Å². The molecule has 36 heavy (non-hydrogen) atoms. The van der Waals surface area contributed by atoms with Gasteiger partial charge in [-0.05, 0) is 39.8 Å². The first-order valence-corrected chi connectivity index (χ1v) is 12.4. The number of hydrogen-bond acceptors (Lipinski definition) is 5. The second kappa shape index (κ2) is 13.0. The van der Waals surface area contributed by atoms with Gasteiger partial charge in [0.15, 0.2) is 12.0 Å². The Balaban J connectivity index is 2.48. The molecule has 198 valence electrons. The molecule has 0 bridgehead atoms. The van der Waals surface area contributed by atoms with Crippen LogP contribution in [0.4, 0.5) is 8.78 Å². The number of nitrogens with zero attached hydrogens (tertiary/aromatic N) is 2. The number of carbonyl (C=O) groups is 2. The Morgan fingerprint density at radius 3 is 2.44 bits per heavy atom. The zero-order valence-electron chi connectivity index (χ0n) is 21.3. The van der Waals surface area contributed by atoms with Crippen molar-refractivity contribution in [1.29, 1.82) is 0 Å². The number of benzene rings is 1. The molecule has 0 saturated heterocycles. The molecule has 0 aliphatic heterocycles. The fraction of sp³-hybridized carbons (Fsp3) is 0.500. The molecule has 2 N–H and O–H groups in total. The fourth-order valence-electron chi connectivity index (χ4n) is 4.36. The van der Waals surface area contributed by atoms with Crippen molar-refractivity contribution in [2.45, 2.75) is 78.0 Å². The van der Waals surface area contributed by atoms with E-state index in [1.54, 1.807) is 0 Å². The van der Waals surface area contributed by atoms with Crippen LogP contribution in [0.15, 0.2) is 23.1 Å². The first-order chi connectivity index (χ1) is 17.0. The Hall–Kier alpha value is -2.78. The Morgan fingerprint density at radius 2 is 1.86 bits per heavy atom. The summed E-state index contributed by atoms with van der Waals surface area (Å²) in [7, 11) is 1.98. The van der Waals surface area contributed by atoms with Crippen LogP contribution in [0.5, 0.6) is 5.75 Å². The molecule has 0 aliphatic rings. The molecule has 10 heteroatoms. The Bertz CT molecular complexity index is 1150. The van der Waals surface area contributed by atoms with Gasteiger partial charge in [0.2, 0.25) is 5.43 Å². The van der Waals surface area contributed by atoms with E-state index < -0.39 is 39.3 Å². The molecule has 7 nitrogen and oxygen atoms in total. The Morgan fingerprint density at radius 1 is 1.22 bits per heavy atom. The third-order valence-electron chi connectivity index (χ3n) is 6.70. The molecule has 2 aromatic rings. The normalized spacial score (nSPS) is 13.9. The minimum atomic E-state index is -1.02. The number of aromatic nitrogens is 1. The summed E-state index contributed by atoms with van der Waals surface area (Å²) in [5.74, 6) is -3.66. The van der Waals surface area contributed by atoms with Gasteiger partial charge in [-0.2, -0.15) is 0 Å². The lowest BCUT2D eigenvalue weighted by Crippen LogP contribution is -2.43. The van der Waals surface area contributed by atoms with Crippen molar-refractivity contribution in [3.63, 3.8) is 0 Å². The van der Waals surface area contributed by atoms with Crippen LogP contribution in [0, 0.1) is 11.6 Å². The SMILES string of the molecule is CCC[C@H](C(C)N(C)[C@@H](C)CCC)n1cc(C(=O)NCc2ccc(F)c(Cl)c2F)c(=O)c(O)c1C=O. The van der Waals surface area contributed by atoms with Crippen molar-refractivity contribution in [1.82, 2.24) is 14.8 Å². The number of aromatic hydroxyl groups is 1. The molecule has 1 unspecified atom stereocenters. The lowest BCUT2D eigenvalue weighted by atomic mass is 9.99. The third-order valence-corrected chi connectivity index (χ3v) is 7.05. The van der Waals surface area contributed by atoms with Crippen LogP contribution in [0.2, 0.25) is 5.02 Å². The lowest BCUT2D eigenvalue weighted by Gasteiger charge is -2.38. The summed E-state index contributed by atoms with van der Waals surface area (Å²) in [5.41, 5.74) is -1.70. The quantitative estimate of drug-likeness (QED) is 0.298. The predicted octanol–water partition coefficient (Wildman–Crippen LogP) is 5.08. The number of halogens is 3. The minimum Gasteiger partial charge on any atom is -0.503 e. The van der Waals surface area contributed by atoms with E-state index in [0.717, 1.165) is 31.4 Å². The van der Waals surface area contributed by atoms with Gasteiger partial charge < -0.3 is 15.0 Å². The monoisotopic (exact) mass is 525 g/mol. The Kier molecular flexibility index (Phi) is 10.6. The van der Waals surface area contributed by atoms with E-state index in [0.29, 0.717) is 12.7 Å². The van der Waals surface area contributed by atoms with E-state index >= 15 is 0 Å². The summed E-state index contributed by atoms with van der Waals surface area (Å²) < 4.78 is 29.1. The second-order valence-corrected chi connectivity index (χ2v) is 9.43. The first-order valence-electron chi connectivity index (χ1n) is 12.1. The van der Waals surface area contributed by atoms with Crippen LogP contribution < -0.4 is 10.7 Å². The maximum absolute atomic E-state index is 14.2. The van der Waals surface area contributed by atoms with Gasteiger partial charge in [-0.25, -0.2) is 8.78 Å². The average Bonchev–Trinajstić information content (AvgIpc) is 2.86. The molecular weight excluding hydrogens is 492 g/mol. The maximum Gasteiger partial charge on any atom is 0.257 e. The van der Waals surface area contributed by atoms with Crippen LogP contribution in [0.1, 0.15) is 85.8 Å². The molecule has 0 aliphatic carbocycles. The van der Waals surface area contributed by atoms with Crippen molar-refractivity contribution >= 4 is 23.8 Å². The Labute approximate surface area is 215 Å². The molecule has 2 rings (SSSR count). The summed E-state index contributed by atoms with van der Waals surface area (Å²) in [5, 5.41) is 12.3. The highest BCUT2D eigenvalue weighted by Crippen LogP contribution is 2.28. The molecule has 3 atom stereocenters. The number of nitrogens with one attached hydrogen (secondary N) is 1. The summed E-state index contributed by atoms with van der Waals surface area (Å²) >= 11 is 5.59. The van der Waals surface area contributed by atoms with Crippen molar-refractivity contribution in [3.8, 4) is 5.75 Å². The van der Waals surface area contributed by atoms with Gasteiger partial charge in [-0.3, -0.25) is 19.3 Å². The summed E-state index contributed by atoms with van der Waals surface area (Å²) in [6, 6.07) is 1.92. The van der Waals surface area contributed by atoms with Crippen molar-refractivity contribution in [2.24, 2.45) is 0 Å². The van der Waals surface area contributed by atoms with Crippen LogP contribution in [-0.4, -0.2) is 45.9 Å². The summed E-state index contributed by atoms with van der Waals surface area (Å²) in [6.45, 7) is 7.81. The zero-order valence-corrected chi connectivity index (χ0v) is 22.0. The highest BCUT2D eigenvalue weighted by Gasteiger charge is 2.29. The van der Waals surface area contributed by atoms with E-state index in [9.17, 15) is 28.3 Å². The number of pyridine rings is 1. The van der Waals surface area contributed by atoms with Gasteiger partial charge in [-0.1, -0.05) is 44.4 Å². The first kappa shape index (κ1) is 29.5. The van der Waals surface area contributed by atoms with Gasteiger partial charge in [-0.15, -0.1) is 0 Å². The molecule has 1 aromatic heterocycles. The number of rotatable bonds is 12. The molecule has 1 heterocycles.